The molecule has 1 aromatic heterocycles. The number of hydrogen-bond donors (Lipinski definition) is 0. The van der Waals surface area contributed by atoms with Gasteiger partial charge >= 0.3 is 0 Å². The van der Waals surface area contributed by atoms with Crippen molar-refractivity contribution in [2.45, 2.75) is 20.8 Å². The third-order valence-electron chi connectivity index (χ3n) is 1.81. The van der Waals surface area contributed by atoms with Crippen molar-refractivity contribution in [3.05, 3.63) is 48.3 Å². The second-order valence-corrected chi connectivity index (χ2v) is 2.99. The first-order valence-corrected chi connectivity index (χ1v) is 5.36. The predicted molar refractivity (Wildman–Crippen MR) is 64.6 cm³/mol. The second-order valence-electron chi connectivity index (χ2n) is 2.99. The van der Waals surface area contributed by atoms with Gasteiger partial charge in [-0.15, -0.1) is 0 Å². The molecule has 0 unspecified atom stereocenters. The zero-order valence-corrected chi connectivity index (χ0v) is 9.84. The minimum atomic E-state index is 0.698. The van der Waals surface area contributed by atoms with E-state index in [0.717, 1.165) is 5.75 Å². The van der Waals surface area contributed by atoms with E-state index in [4.69, 9.17) is 4.74 Å². The van der Waals surface area contributed by atoms with Crippen molar-refractivity contribution in [2.75, 3.05) is 0 Å². The third-order valence-corrected chi connectivity index (χ3v) is 1.81. The largest absolute Gasteiger partial charge is 0.456 e. The molecule has 1 heterocycles. The minimum Gasteiger partial charge on any atom is -0.456 e. The fraction of sp³-hybridized carbons (Fsp3) is 0.231. The highest BCUT2D eigenvalue weighted by molar-refractivity contribution is 5.30. The SMILES string of the molecule is CC.Cc1ccc(Oc2ccnnc2)cc1. The Morgan fingerprint density at radius 3 is 2.12 bits per heavy atom. The molecule has 0 radical (unpaired) electrons. The van der Waals surface area contributed by atoms with Gasteiger partial charge in [0, 0.05) is 6.07 Å². The first-order chi connectivity index (χ1) is 7.84. The number of hydrogen-bond acceptors (Lipinski definition) is 3. The van der Waals surface area contributed by atoms with Gasteiger partial charge in [-0.1, -0.05) is 31.5 Å². The molecule has 3 nitrogen and oxygen atoms in total. The average Bonchev–Trinajstić information content (AvgIpc) is 2.36. The average molecular weight is 216 g/mol. The molecule has 84 valence electrons. The van der Waals surface area contributed by atoms with Crippen molar-refractivity contribution >= 4 is 0 Å². The van der Waals surface area contributed by atoms with Crippen molar-refractivity contribution in [1.82, 2.24) is 10.2 Å². The van der Waals surface area contributed by atoms with E-state index in [1.54, 1.807) is 18.5 Å². The topological polar surface area (TPSA) is 35.0 Å². The number of benzene rings is 1. The third kappa shape index (κ3) is 3.69. The molecule has 0 fully saturated rings. The maximum absolute atomic E-state index is 5.53. The lowest BCUT2D eigenvalue weighted by atomic mass is 10.2. The highest BCUT2D eigenvalue weighted by atomic mass is 16.5. The molecule has 0 saturated carbocycles. The standard InChI is InChI=1S/C11H10N2O.C2H6/c1-9-2-4-10(5-3-9)14-11-6-7-12-13-8-11;1-2/h2-8H,1H3;1-2H3. The van der Waals surface area contributed by atoms with Crippen LogP contribution in [0.5, 0.6) is 11.5 Å². The van der Waals surface area contributed by atoms with E-state index in [0.29, 0.717) is 5.75 Å². The van der Waals surface area contributed by atoms with Crippen LogP contribution in [0.3, 0.4) is 0 Å². The highest BCUT2D eigenvalue weighted by Crippen LogP contribution is 2.19. The zero-order valence-electron chi connectivity index (χ0n) is 9.84. The van der Waals surface area contributed by atoms with E-state index in [9.17, 15) is 0 Å². The van der Waals surface area contributed by atoms with E-state index in [2.05, 4.69) is 10.2 Å². The lowest BCUT2D eigenvalue weighted by molar-refractivity contribution is 0.478. The highest BCUT2D eigenvalue weighted by Gasteiger charge is 1.95. The van der Waals surface area contributed by atoms with Crippen LogP contribution in [-0.4, -0.2) is 10.2 Å². The Bertz CT molecular complexity index is 398. The quantitative estimate of drug-likeness (QED) is 0.769. The van der Waals surface area contributed by atoms with Crippen LogP contribution in [0.4, 0.5) is 0 Å². The summed E-state index contributed by atoms with van der Waals surface area (Å²) in [7, 11) is 0. The smallest absolute Gasteiger partial charge is 0.149 e. The van der Waals surface area contributed by atoms with Crippen LogP contribution in [-0.2, 0) is 0 Å². The number of ether oxygens (including phenoxy) is 1. The minimum absolute atomic E-state index is 0.698. The fourth-order valence-electron chi connectivity index (χ4n) is 1.08. The summed E-state index contributed by atoms with van der Waals surface area (Å²) in [5.41, 5.74) is 1.21. The van der Waals surface area contributed by atoms with Crippen LogP contribution in [0.1, 0.15) is 19.4 Å². The van der Waals surface area contributed by atoms with Gasteiger partial charge in [0.15, 0.2) is 0 Å². The molecule has 2 rings (SSSR count). The number of rotatable bonds is 2. The van der Waals surface area contributed by atoms with Crippen LogP contribution in [0.2, 0.25) is 0 Å². The van der Waals surface area contributed by atoms with Gasteiger partial charge in [0.2, 0.25) is 0 Å². The molecule has 0 amide bonds. The lowest BCUT2D eigenvalue weighted by Gasteiger charge is -2.03. The van der Waals surface area contributed by atoms with Gasteiger partial charge in [-0.3, -0.25) is 0 Å². The molecule has 0 saturated heterocycles. The van der Waals surface area contributed by atoms with E-state index in [1.807, 2.05) is 45.0 Å². The van der Waals surface area contributed by atoms with Crippen molar-refractivity contribution in [1.29, 1.82) is 0 Å². The summed E-state index contributed by atoms with van der Waals surface area (Å²) in [5.74, 6) is 1.51. The van der Waals surface area contributed by atoms with Gasteiger partial charge in [0.25, 0.3) is 0 Å². The van der Waals surface area contributed by atoms with Crippen molar-refractivity contribution < 1.29 is 4.74 Å². The molecule has 0 bridgehead atoms. The monoisotopic (exact) mass is 216 g/mol. The zero-order chi connectivity index (χ0) is 11.8. The molecule has 0 aliphatic carbocycles. The fourth-order valence-corrected chi connectivity index (χ4v) is 1.08. The van der Waals surface area contributed by atoms with Gasteiger partial charge in [0.1, 0.15) is 11.5 Å². The van der Waals surface area contributed by atoms with Gasteiger partial charge in [-0.05, 0) is 19.1 Å². The van der Waals surface area contributed by atoms with Crippen molar-refractivity contribution in [3.8, 4) is 11.5 Å². The van der Waals surface area contributed by atoms with E-state index < -0.39 is 0 Å². The summed E-state index contributed by atoms with van der Waals surface area (Å²) in [6.45, 7) is 6.04. The first kappa shape index (κ1) is 12.2. The molecule has 16 heavy (non-hydrogen) atoms. The molecular formula is C13H16N2O. The maximum atomic E-state index is 5.53. The summed E-state index contributed by atoms with van der Waals surface area (Å²) in [6.07, 6.45) is 3.18. The normalized spacial score (nSPS) is 8.94. The summed E-state index contributed by atoms with van der Waals surface area (Å²) in [5, 5.41) is 7.39. The predicted octanol–water partition coefficient (Wildman–Crippen LogP) is 3.60. The number of aromatic nitrogens is 2. The van der Waals surface area contributed by atoms with Gasteiger partial charge in [-0.2, -0.15) is 10.2 Å². The van der Waals surface area contributed by atoms with Crippen LogP contribution >= 0.6 is 0 Å². The summed E-state index contributed by atoms with van der Waals surface area (Å²) < 4.78 is 5.53. The first-order valence-electron chi connectivity index (χ1n) is 5.36. The molecule has 2 aromatic rings. The summed E-state index contributed by atoms with van der Waals surface area (Å²) in [4.78, 5) is 0. The van der Waals surface area contributed by atoms with E-state index in [-0.39, 0.29) is 0 Å². The van der Waals surface area contributed by atoms with Gasteiger partial charge in [-0.25, -0.2) is 0 Å². The summed E-state index contributed by atoms with van der Waals surface area (Å²) >= 11 is 0. The Morgan fingerprint density at radius 1 is 0.875 bits per heavy atom. The van der Waals surface area contributed by atoms with Crippen molar-refractivity contribution in [2.24, 2.45) is 0 Å². The van der Waals surface area contributed by atoms with Crippen LogP contribution in [0.15, 0.2) is 42.7 Å². The van der Waals surface area contributed by atoms with Crippen LogP contribution in [0.25, 0.3) is 0 Å². The molecular weight excluding hydrogens is 200 g/mol. The Balaban J connectivity index is 0.000000606. The lowest BCUT2D eigenvalue weighted by Crippen LogP contribution is -1.86. The van der Waals surface area contributed by atoms with Crippen molar-refractivity contribution in [3.63, 3.8) is 0 Å². The Morgan fingerprint density at radius 2 is 1.56 bits per heavy atom. The molecule has 0 N–H and O–H groups in total. The maximum Gasteiger partial charge on any atom is 0.149 e. The van der Waals surface area contributed by atoms with E-state index in [1.165, 1.54) is 5.56 Å². The molecule has 0 aliphatic rings. The van der Waals surface area contributed by atoms with Crippen LogP contribution in [0, 0.1) is 6.92 Å². The van der Waals surface area contributed by atoms with E-state index >= 15 is 0 Å². The Kier molecular flexibility index (Phi) is 4.99. The molecule has 1 aromatic carbocycles. The number of nitrogens with zero attached hydrogens (tertiary/aromatic N) is 2. The second kappa shape index (κ2) is 6.56. The molecule has 0 spiro atoms. The summed E-state index contributed by atoms with van der Waals surface area (Å²) in [6, 6.07) is 9.63. The molecule has 0 aliphatic heterocycles. The molecule has 0 atom stereocenters. The van der Waals surface area contributed by atoms with Gasteiger partial charge in [0.05, 0.1) is 12.4 Å². The molecule has 3 heteroatoms. The van der Waals surface area contributed by atoms with Gasteiger partial charge < -0.3 is 4.74 Å². The Hall–Kier alpha value is -1.90. The van der Waals surface area contributed by atoms with Crippen LogP contribution < -0.4 is 4.74 Å². The Labute approximate surface area is 96.1 Å². The number of aryl methyl sites for hydroxylation is 1.